The van der Waals surface area contributed by atoms with E-state index in [9.17, 15) is 9.59 Å². The molecule has 5 rings (SSSR count). The monoisotopic (exact) mass is 411 g/mol. The van der Waals surface area contributed by atoms with Crippen LogP contribution in [0.4, 0.5) is 11.4 Å². The average molecular weight is 411 g/mol. The number of aromatic nitrogens is 3. The van der Waals surface area contributed by atoms with Crippen molar-refractivity contribution in [1.29, 1.82) is 0 Å². The lowest BCUT2D eigenvalue weighted by atomic mass is 10.1. The molecule has 2 N–H and O–H groups in total. The van der Waals surface area contributed by atoms with E-state index in [0.29, 0.717) is 23.5 Å². The van der Waals surface area contributed by atoms with Crippen LogP contribution in [0.3, 0.4) is 0 Å². The van der Waals surface area contributed by atoms with Crippen LogP contribution in [0.2, 0.25) is 0 Å². The molecule has 1 aliphatic rings. The van der Waals surface area contributed by atoms with Crippen LogP contribution < -0.4 is 10.6 Å². The molecule has 154 valence electrons. The fourth-order valence-corrected chi connectivity index (χ4v) is 3.44. The van der Waals surface area contributed by atoms with E-state index in [1.807, 2.05) is 53.2 Å². The van der Waals surface area contributed by atoms with Gasteiger partial charge < -0.3 is 10.6 Å². The molecule has 0 spiro atoms. The van der Waals surface area contributed by atoms with Crippen molar-refractivity contribution in [1.82, 2.24) is 15.0 Å². The average Bonchev–Trinajstić information content (AvgIpc) is 3.57. The summed E-state index contributed by atoms with van der Waals surface area (Å²) in [7, 11) is 0. The molecule has 1 saturated carbocycles. The summed E-state index contributed by atoms with van der Waals surface area (Å²) >= 11 is 0. The fraction of sp³-hybridized carbons (Fsp3) is 0.167. The van der Waals surface area contributed by atoms with Gasteiger partial charge in [-0.1, -0.05) is 35.5 Å². The van der Waals surface area contributed by atoms with E-state index in [2.05, 4.69) is 20.9 Å². The van der Waals surface area contributed by atoms with E-state index >= 15 is 0 Å². The first-order valence-electron chi connectivity index (χ1n) is 10.3. The van der Waals surface area contributed by atoms with Crippen molar-refractivity contribution >= 4 is 34.2 Å². The summed E-state index contributed by atoms with van der Waals surface area (Å²) in [4.78, 5) is 24.6. The van der Waals surface area contributed by atoms with Crippen molar-refractivity contribution in [3.05, 3.63) is 83.9 Å². The van der Waals surface area contributed by atoms with E-state index in [1.165, 1.54) is 0 Å². The van der Waals surface area contributed by atoms with Gasteiger partial charge in [0.25, 0.3) is 5.91 Å². The molecular formula is C24H21N5O2. The molecule has 0 saturated heterocycles. The number of rotatable bonds is 6. The Morgan fingerprint density at radius 1 is 0.903 bits per heavy atom. The Hall–Kier alpha value is -4.00. The summed E-state index contributed by atoms with van der Waals surface area (Å²) in [6.07, 6.45) is 1.90. The van der Waals surface area contributed by atoms with Gasteiger partial charge in [0.2, 0.25) is 5.91 Å². The Labute approximate surface area is 179 Å². The normalized spacial score (nSPS) is 13.2. The van der Waals surface area contributed by atoms with Crippen molar-refractivity contribution in [2.45, 2.75) is 19.4 Å². The van der Waals surface area contributed by atoms with Gasteiger partial charge in [0.1, 0.15) is 5.52 Å². The summed E-state index contributed by atoms with van der Waals surface area (Å²) in [6.45, 7) is 0.575. The first-order valence-corrected chi connectivity index (χ1v) is 10.3. The number of hydrogen-bond donors (Lipinski definition) is 2. The number of nitrogens with zero attached hydrogens (tertiary/aromatic N) is 3. The molecule has 31 heavy (non-hydrogen) atoms. The zero-order valence-electron chi connectivity index (χ0n) is 16.8. The van der Waals surface area contributed by atoms with E-state index in [0.717, 1.165) is 29.4 Å². The molecule has 0 radical (unpaired) electrons. The predicted octanol–water partition coefficient (Wildman–Crippen LogP) is 4.08. The van der Waals surface area contributed by atoms with Gasteiger partial charge >= 0.3 is 0 Å². The Bertz CT molecular complexity index is 1260. The Balaban J connectivity index is 1.24. The Morgan fingerprint density at radius 2 is 1.65 bits per heavy atom. The number of hydrogen-bond acceptors (Lipinski definition) is 4. The number of nitrogens with one attached hydrogen (secondary N) is 2. The van der Waals surface area contributed by atoms with E-state index in [4.69, 9.17) is 0 Å². The van der Waals surface area contributed by atoms with Crippen LogP contribution in [0.15, 0.2) is 72.8 Å². The molecule has 1 aromatic heterocycles. The molecule has 1 heterocycles. The van der Waals surface area contributed by atoms with Crippen LogP contribution in [0.5, 0.6) is 0 Å². The smallest absolute Gasteiger partial charge is 0.255 e. The van der Waals surface area contributed by atoms with Gasteiger partial charge in [0, 0.05) is 22.9 Å². The van der Waals surface area contributed by atoms with Crippen LogP contribution in [0.25, 0.3) is 11.0 Å². The highest BCUT2D eigenvalue weighted by Crippen LogP contribution is 2.30. The lowest BCUT2D eigenvalue weighted by molar-refractivity contribution is -0.117. The molecule has 2 amide bonds. The van der Waals surface area contributed by atoms with Crippen molar-refractivity contribution in [2.24, 2.45) is 5.92 Å². The first kappa shape index (κ1) is 19.0. The van der Waals surface area contributed by atoms with Crippen LogP contribution >= 0.6 is 0 Å². The quantitative estimate of drug-likeness (QED) is 0.500. The van der Waals surface area contributed by atoms with E-state index < -0.39 is 0 Å². The first-order chi connectivity index (χ1) is 15.2. The standard InChI is InChI=1S/C24H21N5O2/c30-23(25-19-4-3-5-20(14-19)26-24(31)18-12-13-18)17-10-8-16(9-11-17)15-29-22-7-2-1-6-21(22)27-28-29/h1-11,14,18H,12-13,15H2,(H,25,30)(H,26,31). The highest BCUT2D eigenvalue weighted by molar-refractivity contribution is 6.04. The van der Waals surface area contributed by atoms with Gasteiger partial charge in [-0.15, -0.1) is 5.10 Å². The highest BCUT2D eigenvalue weighted by atomic mass is 16.2. The molecular weight excluding hydrogens is 390 g/mol. The Morgan fingerprint density at radius 3 is 2.42 bits per heavy atom. The molecule has 3 aromatic carbocycles. The van der Waals surface area contributed by atoms with Crippen molar-refractivity contribution in [3.63, 3.8) is 0 Å². The minimum Gasteiger partial charge on any atom is -0.326 e. The summed E-state index contributed by atoms with van der Waals surface area (Å²) in [5.74, 6) is -0.0325. The third-order valence-electron chi connectivity index (χ3n) is 5.30. The maximum absolute atomic E-state index is 12.6. The highest BCUT2D eigenvalue weighted by Gasteiger charge is 2.29. The molecule has 4 aromatic rings. The Kier molecular flexibility index (Phi) is 4.92. The topological polar surface area (TPSA) is 88.9 Å². The maximum Gasteiger partial charge on any atom is 0.255 e. The summed E-state index contributed by atoms with van der Waals surface area (Å²) in [6, 6.07) is 22.4. The van der Waals surface area contributed by atoms with Crippen molar-refractivity contribution in [2.75, 3.05) is 10.6 Å². The zero-order chi connectivity index (χ0) is 21.2. The van der Waals surface area contributed by atoms with E-state index in [1.54, 1.807) is 24.3 Å². The second-order valence-corrected chi connectivity index (χ2v) is 7.73. The lowest BCUT2D eigenvalue weighted by Gasteiger charge is -2.09. The van der Waals surface area contributed by atoms with Gasteiger partial charge in [-0.3, -0.25) is 9.59 Å². The molecule has 0 bridgehead atoms. The van der Waals surface area contributed by atoms with Gasteiger partial charge in [-0.05, 0) is 60.9 Å². The van der Waals surface area contributed by atoms with Crippen LogP contribution in [0, 0.1) is 5.92 Å². The number of fused-ring (bicyclic) bond motifs is 1. The van der Waals surface area contributed by atoms with Crippen LogP contribution in [0.1, 0.15) is 28.8 Å². The number of amides is 2. The predicted molar refractivity (Wildman–Crippen MR) is 119 cm³/mol. The number of para-hydroxylation sites is 1. The van der Waals surface area contributed by atoms with Gasteiger partial charge in [-0.25, -0.2) is 4.68 Å². The van der Waals surface area contributed by atoms with E-state index in [-0.39, 0.29) is 17.7 Å². The number of benzene rings is 3. The zero-order valence-corrected chi connectivity index (χ0v) is 16.8. The van der Waals surface area contributed by atoms with Crippen molar-refractivity contribution in [3.8, 4) is 0 Å². The second kappa shape index (κ2) is 8.02. The number of carbonyl (C=O) groups excluding carboxylic acids is 2. The molecule has 0 unspecified atom stereocenters. The fourth-order valence-electron chi connectivity index (χ4n) is 3.44. The molecule has 0 atom stereocenters. The van der Waals surface area contributed by atoms with Gasteiger partial charge in [0.15, 0.2) is 0 Å². The maximum atomic E-state index is 12.6. The molecule has 1 fully saturated rings. The lowest BCUT2D eigenvalue weighted by Crippen LogP contribution is -2.14. The van der Waals surface area contributed by atoms with Crippen LogP contribution in [-0.4, -0.2) is 26.8 Å². The summed E-state index contributed by atoms with van der Waals surface area (Å²) < 4.78 is 1.84. The molecule has 1 aliphatic carbocycles. The molecule has 0 aliphatic heterocycles. The summed E-state index contributed by atoms with van der Waals surface area (Å²) in [5, 5.41) is 14.2. The molecule has 7 nitrogen and oxygen atoms in total. The number of carbonyl (C=O) groups is 2. The third kappa shape index (κ3) is 4.30. The SMILES string of the molecule is O=C(Nc1cccc(NC(=O)C2CC2)c1)c1ccc(Cn2nnc3ccccc32)cc1. The minimum absolute atomic E-state index is 0.0409. The van der Waals surface area contributed by atoms with Gasteiger partial charge in [0.05, 0.1) is 12.1 Å². The largest absolute Gasteiger partial charge is 0.326 e. The third-order valence-corrected chi connectivity index (χ3v) is 5.30. The summed E-state index contributed by atoms with van der Waals surface area (Å²) in [5.41, 5.74) is 4.73. The minimum atomic E-state index is -0.205. The second-order valence-electron chi connectivity index (χ2n) is 7.73. The van der Waals surface area contributed by atoms with Crippen LogP contribution in [-0.2, 0) is 11.3 Å². The molecule has 7 heteroatoms. The number of anilines is 2. The van der Waals surface area contributed by atoms with Gasteiger partial charge in [-0.2, -0.15) is 0 Å². The van der Waals surface area contributed by atoms with Crippen molar-refractivity contribution < 1.29 is 9.59 Å².